The van der Waals surface area contributed by atoms with Crippen molar-refractivity contribution >= 4 is 50.0 Å². The minimum atomic E-state index is 0.135. The lowest BCUT2D eigenvalue weighted by Gasteiger charge is -2.22. The minimum Gasteiger partial charge on any atom is -0.353 e. The van der Waals surface area contributed by atoms with E-state index < -0.39 is 0 Å². The lowest BCUT2D eigenvalue weighted by atomic mass is 9.95. The molecule has 124 valence electrons. The molecule has 5 heteroatoms. The maximum atomic E-state index is 12.2. The van der Waals surface area contributed by atoms with Crippen LogP contribution in [0.4, 0.5) is 0 Å². The van der Waals surface area contributed by atoms with E-state index in [1.54, 1.807) is 23.1 Å². The van der Waals surface area contributed by atoms with Crippen molar-refractivity contribution in [1.82, 2.24) is 10.3 Å². The van der Waals surface area contributed by atoms with Crippen molar-refractivity contribution in [2.24, 2.45) is 0 Å². The van der Waals surface area contributed by atoms with Crippen LogP contribution >= 0.6 is 23.1 Å². The highest BCUT2D eigenvalue weighted by molar-refractivity contribution is 8.01. The van der Waals surface area contributed by atoms with Gasteiger partial charge in [0.15, 0.2) is 4.34 Å². The number of carbonyl (C=O) groups excluding carboxylic acids is 1. The quantitative estimate of drug-likeness (QED) is 0.670. The van der Waals surface area contributed by atoms with Gasteiger partial charge in [0.1, 0.15) is 0 Å². The Morgan fingerprint density at radius 3 is 2.88 bits per heavy atom. The molecular formula is C19H20N2OS2. The van der Waals surface area contributed by atoms with Gasteiger partial charge < -0.3 is 5.32 Å². The van der Waals surface area contributed by atoms with Crippen molar-refractivity contribution in [3.05, 3.63) is 36.4 Å². The van der Waals surface area contributed by atoms with Crippen LogP contribution in [0.1, 0.15) is 32.1 Å². The smallest absolute Gasteiger partial charge is 0.230 e. The maximum Gasteiger partial charge on any atom is 0.230 e. The number of hydrogen-bond donors (Lipinski definition) is 1. The number of benzene rings is 2. The number of rotatable bonds is 4. The zero-order chi connectivity index (χ0) is 16.4. The number of nitrogens with zero attached hydrogens (tertiary/aromatic N) is 1. The first kappa shape index (κ1) is 15.9. The number of nitrogens with one attached hydrogen (secondary N) is 1. The average molecular weight is 357 g/mol. The van der Waals surface area contributed by atoms with Crippen molar-refractivity contribution in [2.45, 2.75) is 42.5 Å². The fourth-order valence-corrected chi connectivity index (χ4v) is 5.24. The molecule has 0 aliphatic heterocycles. The molecule has 3 nitrogen and oxygen atoms in total. The molecule has 1 aliphatic carbocycles. The standard InChI is InChI=1S/C19H20N2OS2/c22-17(20-14-7-2-1-3-8-14)12-23-19-21-18-15-9-5-4-6-13(15)10-11-16(18)24-19/h4-6,9-11,14H,1-3,7-8,12H2,(H,20,22). The minimum absolute atomic E-state index is 0.135. The number of aromatic nitrogens is 1. The predicted molar refractivity (Wildman–Crippen MR) is 103 cm³/mol. The maximum absolute atomic E-state index is 12.2. The monoisotopic (exact) mass is 356 g/mol. The molecule has 1 amide bonds. The van der Waals surface area contributed by atoms with E-state index in [4.69, 9.17) is 4.98 Å². The molecule has 1 aliphatic rings. The highest BCUT2D eigenvalue weighted by Gasteiger charge is 2.16. The van der Waals surface area contributed by atoms with Crippen molar-refractivity contribution < 1.29 is 4.79 Å². The van der Waals surface area contributed by atoms with Gasteiger partial charge in [-0.25, -0.2) is 4.98 Å². The average Bonchev–Trinajstić information content (AvgIpc) is 3.04. The van der Waals surface area contributed by atoms with Gasteiger partial charge in [0.2, 0.25) is 5.91 Å². The molecule has 24 heavy (non-hydrogen) atoms. The highest BCUT2D eigenvalue weighted by atomic mass is 32.2. The number of amides is 1. The molecule has 0 atom stereocenters. The zero-order valence-corrected chi connectivity index (χ0v) is 15.1. The Hall–Kier alpha value is -1.59. The molecule has 1 saturated carbocycles. The van der Waals surface area contributed by atoms with E-state index in [1.165, 1.54) is 34.7 Å². The Balaban J connectivity index is 1.44. The molecule has 0 saturated heterocycles. The largest absolute Gasteiger partial charge is 0.353 e. The Morgan fingerprint density at radius 1 is 1.17 bits per heavy atom. The van der Waals surface area contributed by atoms with Gasteiger partial charge in [-0.3, -0.25) is 4.79 Å². The molecule has 1 heterocycles. The van der Waals surface area contributed by atoms with E-state index in [0.717, 1.165) is 22.7 Å². The third-order valence-corrected chi connectivity index (χ3v) is 6.72. The number of hydrogen-bond acceptors (Lipinski definition) is 4. The van der Waals surface area contributed by atoms with Crippen LogP contribution in [0.5, 0.6) is 0 Å². The summed E-state index contributed by atoms with van der Waals surface area (Å²) >= 11 is 3.22. The van der Waals surface area contributed by atoms with E-state index >= 15 is 0 Å². The van der Waals surface area contributed by atoms with Crippen LogP contribution in [0.2, 0.25) is 0 Å². The lowest BCUT2D eigenvalue weighted by molar-refractivity contribution is -0.119. The van der Waals surface area contributed by atoms with Crippen LogP contribution in [0.25, 0.3) is 21.0 Å². The molecule has 1 fully saturated rings. The van der Waals surface area contributed by atoms with Crippen molar-refractivity contribution in [3.63, 3.8) is 0 Å². The van der Waals surface area contributed by atoms with Crippen LogP contribution in [-0.4, -0.2) is 22.7 Å². The third-order valence-electron chi connectivity index (χ3n) is 4.56. The van der Waals surface area contributed by atoms with Gasteiger partial charge in [-0.15, -0.1) is 11.3 Å². The van der Waals surface area contributed by atoms with Crippen LogP contribution < -0.4 is 5.32 Å². The highest BCUT2D eigenvalue weighted by Crippen LogP contribution is 2.33. The molecule has 1 aromatic heterocycles. The van der Waals surface area contributed by atoms with Crippen LogP contribution in [0.15, 0.2) is 40.7 Å². The Morgan fingerprint density at radius 2 is 2.00 bits per heavy atom. The number of fused-ring (bicyclic) bond motifs is 3. The van der Waals surface area contributed by atoms with Crippen LogP contribution in [0, 0.1) is 0 Å². The van der Waals surface area contributed by atoms with Gasteiger partial charge in [0, 0.05) is 11.4 Å². The lowest BCUT2D eigenvalue weighted by Crippen LogP contribution is -2.37. The van der Waals surface area contributed by atoms with Gasteiger partial charge in [-0.1, -0.05) is 61.4 Å². The Labute approximate surface area is 149 Å². The van der Waals surface area contributed by atoms with E-state index in [-0.39, 0.29) is 5.91 Å². The molecule has 1 N–H and O–H groups in total. The van der Waals surface area contributed by atoms with Crippen LogP contribution in [-0.2, 0) is 4.79 Å². The summed E-state index contributed by atoms with van der Waals surface area (Å²) in [6.07, 6.45) is 6.04. The second kappa shape index (κ2) is 7.11. The van der Waals surface area contributed by atoms with Gasteiger partial charge in [-0.2, -0.15) is 0 Å². The van der Waals surface area contributed by atoms with E-state index in [9.17, 15) is 4.79 Å². The molecule has 2 aromatic carbocycles. The molecule has 3 aromatic rings. The number of thioether (sulfide) groups is 1. The summed E-state index contributed by atoms with van der Waals surface area (Å²) in [5.41, 5.74) is 1.05. The summed E-state index contributed by atoms with van der Waals surface area (Å²) in [7, 11) is 0. The summed E-state index contributed by atoms with van der Waals surface area (Å²) in [4.78, 5) is 16.9. The second-order valence-electron chi connectivity index (χ2n) is 6.30. The fourth-order valence-electron chi connectivity index (χ4n) is 3.35. The van der Waals surface area contributed by atoms with E-state index in [1.807, 2.05) is 12.1 Å². The molecule has 0 unspecified atom stereocenters. The van der Waals surface area contributed by atoms with Crippen molar-refractivity contribution in [1.29, 1.82) is 0 Å². The third kappa shape index (κ3) is 3.42. The first-order chi connectivity index (χ1) is 11.8. The zero-order valence-electron chi connectivity index (χ0n) is 13.5. The second-order valence-corrected chi connectivity index (χ2v) is 8.56. The molecule has 0 spiro atoms. The first-order valence-corrected chi connectivity index (χ1v) is 10.3. The van der Waals surface area contributed by atoms with Crippen LogP contribution in [0.3, 0.4) is 0 Å². The van der Waals surface area contributed by atoms with E-state index in [2.05, 4.69) is 29.6 Å². The normalized spacial score (nSPS) is 15.8. The summed E-state index contributed by atoms with van der Waals surface area (Å²) < 4.78 is 2.16. The van der Waals surface area contributed by atoms with Crippen molar-refractivity contribution in [3.8, 4) is 0 Å². The predicted octanol–water partition coefficient (Wildman–Crippen LogP) is 4.99. The first-order valence-electron chi connectivity index (χ1n) is 8.50. The van der Waals surface area contributed by atoms with Gasteiger partial charge in [0.05, 0.1) is 16.0 Å². The molecule has 4 rings (SSSR count). The fraction of sp³-hybridized carbons (Fsp3) is 0.368. The van der Waals surface area contributed by atoms with E-state index in [0.29, 0.717) is 11.8 Å². The summed E-state index contributed by atoms with van der Waals surface area (Å²) in [6, 6.07) is 13.0. The van der Waals surface area contributed by atoms with Crippen molar-refractivity contribution in [2.75, 3.05) is 5.75 Å². The topological polar surface area (TPSA) is 42.0 Å². The summed E-state index contributed by atoms with van der Waals surface area (Å²) in [5.74, 6) is 0.588. The van der Waals surface area contributed by atoms with Gasteiger partial charge in [-0.05, 0) is 24.3 Å². The molecule has 0 bridgehead atoms. The number of thiazole rings is 1. The SMILES string of the molecule is O=C(CSc1nc2c(ccc3ccccc32)s1)NC1CCCCC1. The molecule has 0 radical (unpaired) electrons. The summed E-state index contributed by atoms with van der Waals surface area (Å²) in [6.45, 7) is 0. The summed E-state index contributed by atoms with van der Waals surface area (Å²) in [5, 5.41) is 5.56. The molecular weight excluding hydrogens is 336 g/mol. The number of carbonyl (C=O) groups is 1. The van der Waals surface area contributed by atoms with Gasteiger partial charge in [0.25, 0.3) is 0 Å². The Bertz CT molecular complexity index is 868. The van der Waals surface area contributed by atoms with Gasteiger partial charge >= 0.3 is 0 Å². The Kier molecular flexibility index (Phi) is 4.72.